The minimum Gasteiger partial charge on any atom is -0.493 e. The Labute approximate surface area is 126 Å². The molecule has 0 aliphatic carbocycles. The van der Waals surface area contributed by atoms with Crippen LogP contribution in [-0.4, -0.2) is 18.2 Å². The van der Waals surface area contributed by atoms with E-state index in [1.807, 2.05) is 38.2 Å². The second-order valence-electron chi connectivity index (χ2n) is 5.12. The first-order chi connectivity index (χ1) is 10.2. The molecule has 0 aliphatic heterocycles. The van der Waals surface area contributed by atoms with Crippen molar-refractivity contribution < 1.29 is 9.47 Å². The second kappa shape index (κ2) is 7.64. The number of pyridine rings is 1. The highest BCUT2D eigenvalue weighted by molar-refractivity contribution is 5.43. The number of rotatable bonds is 7. The van der Waals surface area contributed by atoms with Gasteiger partial charge < -0.3 is 14.8 Å². The van der Waals surface area contributed by atoms with E-state index >= 15 is 0 Å². The zero-order valence-corrected chi connectivity index (χ0v) is 12.8. The van der Waals surface area contributed by atoms with E-state index in [1.165, 1.54) is 5.56 Å². The molecule has 4 nitrogen and oxygen atoms in total. The monoisotopic (exact) mass is 286 g/mol. The molecule has 0 amide bonds. The third kappa shape index (κ3) is 4.76. The van der Waals surface area contributed by atoms with Crippen molar-refractivity contribution in [2.75, 3.05) is 7.11 Å². The highest BCUT2D eigenvalue weighted by atomic mass is 16.5. The summed E-state index contributed by atoms with van der Waals surface area (Å²) in [6.45, 7) is 5.57. The number of nitrogens with zero attached hydrogens (tertiary/aromatic N) is 1. The molecule has 4 heteroatoms. The minimum atomic E-state index is 0.133. The van der Waals surface area contributed by atoms with Crippen molar-refractivity contribution in [3.8, 4) is 11.5 Å². The lowest BCUT2D eigenvalue weighted by molar-refractivity contribution is 0.230. The van der Waals surface area contributed by atoms with Crippen molar-refractivity contribution in [3.05, 3.63) is 53.9 Å². The first kappa shape index (κ1) is 15.3. The summed E-state index contributed by atoms with van der Waals surface area (Å²) in [6, 6.07) is 10.0. The van der Waals surface area contributed by atoms with Crippen LogP contribution in [0.15, 0.2) is 42.7 Å². The Hall–Kier alpha value is -2.07. The van der Waals surface area contributed by atoms with E-state index in [4.69, 9.17) is 9.47 Å². The largest absolute Gasteiger partial charge is 0.493 e. The van der Waals surface area contributed by atoms with Gasteiger partial charge in [0.15, 0.2) is 11.5 Å². The first-order valence-corrected chi connectivity index (χ1v) is 7.12. The number of ether oxygens (including phenoxy) is 2. The van der Waals surface area contributed by atoms with Crippen molar-refractivity contribution in [2.24, 2.45) is 0 Å². The molecule has 1 aromatic heterocycles. The van der Waals surface area contributed by atoms with Crippen molar-refractivity contribution in [2.45, 2.75) is 33.0 Å². The third-order valence-electron chi connectivity index (χ3n) is 2.97. The number of aromatic nitrogens is 1. The molecule has 2 rings (SSSR count). The molecule has 21 heavy (non-hydrogen) atoms. The van der Waals surface area contributed by atoms with E-state index in [9.17, 15) is 0 Å². The number of benzene rings is 1. The Balaban J connectivity index is 1.94. The fourth-order valence-corrected chi connectivity index (χ4v) is 2.03. The van der Waals surface area contributed by atoms with Gasteiger partial charge in [0, 0.05) is 25.5 Å². The van der Waals surface area contributed by atoms with Gasteiger partial charge in [0.2, 0.25) is 0 Å². The molecule has 1 heterocycles. The zero-order valence-electron chi connectivity index (χ0n) is 12.8. The lowest BCUT2D eigenvalue weighted by atomic mass is 10.2. The summed E-state index contributed by atoms with van der Waals surface area (Å²) in [5, 5.41) is 3.39. The van der Waals surface area contributed by atoms with E-state index in [0.717, 1.165) is 30.2 Å². The SMILES string of the molecule is COc1cc(CNCc2cccnc2)ccc1OC(C)C. The van der Waals surface area contributed by atoms with Gasteiger partial charge in [0.05, 0.1) is 13.2 Å². The summed E-state index contributed by atoms with van der Waals surface area (Å²) in [5.74, 6) is 1.55. The van der Waals surface area contributed by atoms with Crippen LogP contribution in [0.5, 0.6) is 11.5 Å². The Morgan fingerprint density at radius 2 is 1.90 bits per heavy atom. The summed E-state index contributed by atoms with van der Waals surface area (Å²) in [6.07, 6.45) is 3.78. The minimum absolute atomic E-state index is 0.133. The van der Waals surface area contributed by atoms with Crippen LogP contribution in [0.2, 0.25) is 0 Å². The van der Waals surface area contributed by atoms with E-state index in [-0.39, 0.29) is 6.10 Å². The summed E-state index contributed by atoms with van der Waals surface area (Å²) in [5.41, 5.74) is 2.33. The van der Waals surface area contributed by atoms with Crippen LogP contribution in [0.3, 0.4) is 0 Å². The Morgan fingerprint density at radius 3 is 2.57 bits per heavy atom. The lowest BCUT2D eigenvalue weighted by Gasteiger charge is -2.14. The maximum Gasteiger partial charge on any atom is 0.161 e. The molecule has 0 saturated carbocycles. The molecule has 1 aromatic carbocycles. The molecule has 112 valence electrons. The van der Waals surface area contributed by atoms with Crippen LogP contribution in [-0.2, 0) is 13.1 Å². The van der Waals surface area contributed by atoms with E-state index in [2.05, 4.69) is 22.4 Å². The standard InChI is InChI=1S/C17H22N2O2/c1-13(2)21-16-7-6-14(9-17(16)20-3)10-19-12-15-5-4-8-18-11-15/h4-9,11,13,19H,10,12H2,1-3H3. The van der Waals surface area contributed by atoms with Crippen molar-refractivity contribution in [3.63, 3.8) is 0 Å². The molecule has 1 N–H and O–H groups in total. The van der Waals surface area contributed by atoms with Crippen LogP contribution in [0.25, 0.3) is 0 Å². The Bertz CT molecular complexity index is 556. The van der Waals surface area contributed by atoms with Crippen molar-refractivity contribution in [1.82, 2.24) is 10.3 Å². The summed E-state index contributed by atoms with van der Waals surface area (Å²) < 4.78 is 11.1. The highest BCUT2D eigenvalue weighted by Crippen LogP contribution is 2.28. The van der Waals surface area contributed by atoms with Crippen molar-refractivity contribution in [1.29, 1.82) is 0 Å². The quantitative estimate of drug-likeness (QED) is 0.849. The maximum absolute atomic E-state index is 5.71. The van der Waals surface area contributed by atoms with Gasteiger partial charge in [0.1, 0.15) is 0 Å². The second-order valence-corrected chi connectivity index (χ2v) is 5.12. The van der Waals surface area contributed by atoms with Crippen LogP contribution < -0.4 is 14.8 Å². The van der Waals surface area contributed by atoms with Gasteiger partial charge in [-0.3, -0.25) is 4.98 Å². The normalized spacial score (nSPS) is 10.7. The summed E-state index contributed by atoms with van der Waals surface area (Å²) in [4.78, 5) is 4.10. The molecule has 0 bridgehead atoms. The fraction of sp³-hybridized carbons (Fsp3) is 0.353. The Kier molecular flexibility index (Phi) is 5.58. The number of methoxy groups -OCH3 is 1. The third-order valence-corrected chi connectivity index (χ3v) is 2.97. The van der Waals surface area contributed by atoms with E-state index in [0.29, 0.717) is 0 Å². The Morgan fingerprint density at radius 1 is 1.10 bits per heavy atom. The number of hydrogen-bond acceptors (Lipinski definition) is 4. The fourth-order valence-electron chi connectivity index (χ4n) is 2.03. The van der Waals surface area contributed by atoms with E-state index < -0.39 is 0 Å². The molecular weight excluding hydrogens is 264 g/mol. The predicted molar refractivity (Wildman–Crippen MR) is 83.5 cm³/mol. The number of hydrogen-bond donors (Lipinski definition) is 1. The zero-order chi connectivity index (χ0) is 15.1. The predicted octanol–water partition coefficient (Wildman–Crippen LogP) is 3.17. The van der Waals surface area contributed by atoms with Gasteiger partial charge in [-0.2, -0.15) is 0 Å². The molecule has 0 saturated heterocycles. The van der Waals surface area contributed by atoms with Gasteiger partial charge in [-0.25, -0.2) is 0 Å². The maximum atomic E-state index is 5.71. The topological polar surface area (TPSA) is 43.4 Å². The van der Waals surface area contributed by atoms with Crippen LogP contribution in [0.4, 0.5) is 0 Å². The molecule has 0 aliphatic rings. The smallest absolute Gasteiger partial charge is 0.161 e. The average Bonchev–Trinajstić information content (AvgIpc) is 2.49. The molecule has 0 fully saturated rings. The molecule has 0 atom stereocenters. The van der Waals surface area contributed by atoms with Gasteiger partial charge in [-0.15, -0.1) is 0 Å². The lowest BCUT2D eigenvalue weighted by Crippen LogP contribution is -2.13. The molecule has 0 unspecified atom stereocenters. The van der Waals surface area contributed by atoms with Gasteiger partial charge in [-0.1, -0.05) is 12.1 Å². The molecule has 0 radical (unpaired) electrons. The summed E-state index contributed by atoms with van der Waals surface area (Å²) >= 11 is 0. The van der Waals surface area contributed by atoms with Gasteiger partial charge >= 0.3 is 0 Å². The van der Waals surface area contributed by atoms with Crippen LogP contribution >= 0.6 is 0 Å². The van der Waals surface area contributed by atoms with Gasteiger partial charge in [-0.05, 0) is 43.2 Å². The van der Waals surface area contributed by atoms with Crippen LogP contribution in [0.1, 0.15) is 25.0 Å². The number of nitrogens with one attached hydrogen (secondary N) is 1. The average molecular weight is 286 g/mol. The molecule has 0 spiro atoms. The van der Waals surface area contributed by atoms with E-state index in [1.54, 1.807) is 13.3 Å². The molecule has 2 aromatic rings. The first-order valence-electron chi connectivity index (χ1n) is 7.12. The molecular formula is C17H22N2O2. The van der Waals surface area contributed by atoms with Crippen LogP contribution in [0, 0.1) is 0 Å². The summed E-state index contributed by atoms with van der Waals surface area (Å²) in [7, 11) is 1.66. The van der Waals surface area contributed by atoms with Crippen molar-refractivity contribution >= 4 is 0 Å². The highest BCUT2D eigenvalue weighted by Gasteiger charge is 2.07. The van der Waals surface area contributed by atoms with Gasteiger partial charge in [0.25, 0.3) is 0 Å².